The molecule has 1 aliphatic rings. The molecule has 0 bridgehead atoms. The summed E-state index contributed by atoms with van der Waals surface area (Å²) >= 11 is 11.6. The highest BCUT2D eigenvalue weighted by atomic mass is 35.5. The van der Waals surface area contributed by atoms with Crippen molar-refractivity contribution >= 4 is 34.9 Å². The van der Waals surface area contributed by atoms with Crippen molar-refractivity contribution in [3.8, 4) is 5.75 Å². The second kappa shape index (κ2) is 7.92. The first-order valence-electron chi connectivity index (χ1n) is 8.04. The quantitative estimate of drug-likeness (QED) is 0.555. The summed E-state index contributed by atoms with van der Waals surface area (Å²) in [4.78, 5) is 16.0. The number of carboxylic acids is 1. The van der Waals surface area contributed by atoms with E-state index in [2.05, 4.69) is 9.89 Å². The van der Waals surface area contributed by atoms with E-state index in [1.54, 1.807) is 0 Å². The van der Waals surface area contributed by atoms with Crippen molar-refractivity contribution in [3.05, 3.63) is 63.1 Å². The Hall–Kier alpha value is -2.59. The molecule has 0 amide bonds. The predicted octanol–water partition coefficient (Wildman–Crippen LogP) is 5.88. The van der Waals surface area contributed by atoms with Gasteiger partial charge < -0.3 is 14.7 Å². The fourth-order valence-electron chi connectivity index (χ4n) is 2.92. The molecule has 0 saturated carbocycles. The fourth-order valence-corrected chi connectivity index (χ4v) is 3.44. The molecule has 1 unspecified atom stereocenters. The molecule has 0 spiro atoms. The van der Waals surface area contributed by atoms with E-state index in [-0.39, 0.29) is 21.3 Å². The molecule has 160 valence electrons. The van der Waals surface area contributed by atoms with Crippen molar-refractivity contribution in [1.82, 2.24) is 0 Å². The number of hydrogen-bond acceptors (Lipinski definition) is 4. The van der Waals surface area contributed by atoms with Gasteiger partial charge in [0.25, 0.3) is 5.60 Å². The van der Waals surface area contributed by atoms with Gasteiger partial charge in [0.05, 0.1) is 5.71 Å². The number of rotatable bonds is 5. The fraction of sp³-hybridized carbons (Fsp3) is 0.222. The summed E-state index contributed by atoms with van der Waals surface area (Å²) in [6.07, 6.45) is -5.79. The summed E-state index contributed by atoms with van der Waals surface area (Å²) in [5, 5.41) is 12.4. The smallest absolute Gasteiger partial charge is 0.435 e. The molecule has 12 heteroatoms. The van der Waals surface area contributed by atoms with Crippen molar-refractivity contribution in [2.45, 2.75) is 24.8 Å². The van der Waals surface area contributed by atoms with Crippen molar-refractivity contribution in [2.75, 3.05) is 0 Å². The largest absolute Gasteiger partial charge is 0.478 e. The lowest BCUT2D eigenvalue weighted by molar-refractivity contribution is -0.275. The summed E-state index contributed by atoms with van der Waals surface area (Å²) in [5.41, 5.74) is -4.28. The van der Waals surface area contributed by atoms with Gasteiger partial charge in [0, 0.05) is 27.6 Å². The molecule has 0 fully saturated rings. The second-order valence-electron chi connectivity index (χ2n) is 6.18. The predicted molar refractivity (Wildman–Crippen MR) is 96.5 cm³/mol. The van der Waals surface area contributed by atoms with Gasteiger partial charge >= 0.3 is 18.8 Å². The summed E-state index contributed by atoms with van der Waals surface area (Å²) in [5.74, 6) is -2.28. The SMILES string of the molecule is O=C(O)c1ccc(C2=NOC(c3cc(Cl)cc(Cl)c3)(C(F)(F)F)C2)cc1OC(F)F. The molecule has 0 aliphatic carbocycles. The van der Waals surface area contributed by atoms with Gasteiger partial charge in [0.1, 0.15) is 11.3 Å². The average molecular weight is 470 g/mol. The van der Waals surface area contributed by atoms with Gasteiger partial charge in [-0.05, 0) is 30.3 Å². The van der Waals surface area contributed by atoms with E-state index in [1.807, 2.05) is 0 Å². The van der Waals surface area contributed by atoms with Crippen LogP contribution in [0.5, 0.6) is 5.75 Å². The van der Waals surface area contributed by atoms with Crippen LogP contribution in [0.3, 0.4) is 0 Å². The van der Waals surface area contributed by atoms with E-state index < -0.39 is 47.7 Å². The highest BCUT2D eigenvalue weighted by Gasteiger charge is 2.62. The van der Waals surface area contributed by atoms with Gasteiger partial charge in [-0.15, -0.1) is 0 Å². The van der Waals surface area contributed by atoms with Crippen LogP contribution in [0.4, 0.5) is 22.0 Å². The van der Waals surface area contributed by atoms with Crippen LogP contribution in [0, 0.1) is 0 Å². The molecule has 0 aromatic heterocycles. The maximum Gasteiger partial charge on any atom is 0.435 e. The number of nitrogens with zero attached hydrogens (tertiary/aromatic N) is 1. The number of ether oxygens (including phenoxy) is 1. The third-order valence-corrected chi connectivity index (χ3v) is 4.71. The zero-order chi connectivity index (χ0) is 22.3. The highest BCUT2D eigenvalue weighted by molar-refractivity contribution is 6.34. The molecule has 1 N–H and O–H groups in total. The lowest BCUT2D eigenvalue weighted by atomic mass is 9.86. The number of carbonyl (C=O) groups is 1. The number of aromatic carboxylic acids is 1. The molecule has 2 aromatic carbocycles. The third-order valence-electron chi connectivity index (χ3n) is 4.28. The number of oxime groups is 1. The molecule has 1 atom stereocenters. The molecule has 1 aliphatic heterocycles. The first kappa shape index (κ1) is 22.1. The molecule has 3 rings (SSSR count). The first-order chi connectivity index (χ1) is 13.9. The number of hydrogen-bond donors (Lipinski definition) is 1. The van der Waals surface area contributed by atoms with Crippen molar-refractivity contribution in [3.63, 3.8) is 0 Å². The standard InChI is InChI=1S/C18H10Cl2F5NO4/c19-10-4-9(5-11(20)6-10)17(18(23,24)25)7-13(26-30-17)8-1-2-12(15(27)28)14(3-8)29-16(21)22/h1-6,16H,7H2,(H,27,28). The van der Waals surface area contributed by atoms with Crippen LogP contribution in [0.1, 0.15) is 27.9 Å². The van der Waals surface area contributed by atoms with Crippen LogP contribution in [0.25, 0.3) is 0 Å². The molecule has 30 heavy (non-hydrogen) atoms. The van der Waals surface area contributed by atoms with Gasteiger partial charge in [-0.3, -0.25) is 0 Å². The van der Waals surface area contributed by atoms with Crippen LogP contribution in [0.15, 0.2) is 41.6 Å². The van der Waals surface area contributed by atoms with Crippen molar-refractivity contribution in [2.24, 2.45) is 5.16 Å². The monoisotopic (exact) mass is 469 g/mol. The third kappa shape index (κ3) is 4.15. The maximum absolute atomic E-state index is 14.0. The van der Waals surface area contributed by atoms with Gasteiger partial charge in [0.2, 0.25) is 0 Å². The highest BCUT2D eigenvalue weighted by Crippen LogP contribution is 2.49. The average Bonchev–Trinajstić information content (AvgIpc) is 3.06. The summed E-state index contributed by atoms with van der Waals surface area (Å²) in [6.45, 7) is -3.34. The Morgan fingerprint density at radius 1 is 1.17 bits per heavy atom. The van der Waals surface area contributed by atoms with E-state index in [0.717, 1.165) is 30.3 Å². The zero-order valence-corrected chi connectivity index (χ0v) is 16.0. The lowest BCUT2D eigenvalue weighted by Gasteiger charge is -2.29. The Bertz CT molecular complexity index is 1010. The number of halogens is 7. The molecule has 0 radical (unpaired) electrons. The lowest BCUT2D eigenvalue weighted by Crippen LogP contribution is -2.42. The molecular weight excluding hydrogens is 460 g/mol. The Morgan fingerprint density at radius 3 is 2.33 bits per heavy atom. The van der Waals surface area contributed by atoms with Crippen LogP contribution in [0.2, 0.25) is 10.0 Å². The van der Waals surface area contributed by atoms with Gasteiger partial charge in [-0.25, -0.2) is 4.79 Å². The summed E-state index contributed by atoms with van der Waals surface area (Å²) < 4.78 is 71.4. The summed E-state index contributed by atoms with van der Waals surface area (Å²) in [6, 6.07) is 6.18. The number of alkyl halides is 5. The molecule has 1 heterocycles. The minimum atomic E-state index is -4.95. The van der Waals surface area contributed by atoms with Gasteiger partial charge in [0.15, 0.2) is 0 Å². The molecule has 2 aromatic rings. The van der Waals surface area contributed by atoms with Crippen LogP contribution >= 0.6 is 23.2 Å². The van der Waals surface area contributed by atoms with Crippen LogP contribution in [-0.4, -0.2) is 29.6 Å². The van der Waals surface area contributed by atoms with E-state index in [9.17, 15) is 26.7 Å². The van der Waals surface area contributed by atoms with Gasteiger partial charge in [-0.1, -0.05) is 34.4 Å². The van der Waals surface area contributed by atoms with E-state index in [0.29, 0.717) is 0 Å². The van der Waals surface area contributed by atoms with Crippen LogP contribution < -0.4 is 4.74 Å². The van der Waals surface area contributed by atoms with Crippen LogP contribution in [-0.2, 0) is 10.4 Å². The van der Waals surface area contributed by atoms with Crippen molar-refractivity contribution in [1.29, 1.82) is 0 Å². The first-order valence-corrected chi connectivity index (χ1v) is 8.79. The molecule has 5 nitrogen and oxygen atoms in total. The number of benzene rings is 2. The molecule has 0 saturated heterocycles. The Kier molecular flexibility index (Phi) is 5.83. The Labute approximate surface area is 175 Å². The summed E-state index contributed by atoms with van der Waals surface area (Å²) in [7, 11) is 0. The topological polar surface area (TPSA) is 68.1 Å². The maximum atomic E-state index is 14.0. The minimum Gasteiger partial charge on any atom is -0.478 e. The number of carboxylic acid groups (broad SMARTS) is 1. The Balaban J connectivity index is 2.03. The van der Waals surface area contributed by atoms with E-state index >= 15 is 0 Å². The second-order valence-corrected chi connectivity index (χ2v) is 7.06. The van der Waals surface area contributed by atoms with E-state index in [1.165, 1.54) is 6.07 Å². The van der Waals surface area contributed by atoms with Crippen molar-refractivity contribution < 1.29 is 41.4 Å². The Morgan fingerprint density at radius 2 is 1.80 bits per heavy atom. The molecular formula is C18H10Cl2F5NO4. The van der Waals surface area contributed by atoms with E-state index in [4.69, 9.17) is 33.1 Å². The van der Waals surface area contributed by atoms with Gasteiger partial charge in [-0.2, -0.15) is 22.0 Å². The minimum absolute atomic E-state index is 0.0587. The normalized spacial score (nSPS) is 18.9. The zero-order valence-electron chi connectivity index (χ0n) is 14.5.